The highest BCUT2D eigenvalue weighted by molar-refractivity contribution is 5.26. The fourth-order valence-corrected chi connectivity index (χ4v) is 2.84. The zero-order valence-electron chi connectivity index (χ0n) is 12.3. The molecule has 116 valence electrons. The van der Waals surface area contributed by atoms with Crippen molar-refractivity contribution in [3.05, 3.63) is 47.0 Å². The van der Waals surface area contributed by atoms with E-state index >= 15 is 0 Å². The van der Waals surface area contributed by atoms with Gasteiger partial charge in [0, 0.05) is 6.04 Å². The first-order valence-corrected chi connectivity index (χ1v) is 7.50. The number of hydrogen-bond acceptors (Lipinski definition) is 1. The molecular weight excluding hydrogens is 275 g/mol. The summed E-state index contributed by atoms with van der Waals surface area (Å²) in [7, 11) is 1.88. The van der Waals surface area contributed by atoms with Crippen LogP contribution in [-0.4, -0.2) is 13.1 Å². The van der Waals surface area contributed by atoms with Gasteiger partial charge >= 0.3 is 6.18 Å². The van der Waals surface area contributed by atoms with Crippen molar-refractivity contribution in [1.82, 2.24) is 5.32 Å². The number of nitrogens with one attached hydrogen (secondary N) is 1. The summed E-state index contributed by atoms with van der Waals surface area (Å²) in [5.41, 5.74) is 1.61. The van der Waals surface area contributed by atoms with Gasteiger partial charge in [-0.05, 0) is 57.2 Å². The molecule has 1 N–H and O–H groups in total. The molecule has 0 aromatic heterocycles. The first-order valence-electron chi connectivity index (χ1n) is 7.50. The summed E-state index contributed by atoms with van der Waals surface area (Å²) in [5.74, 6) is 0. The Bertz CT molecular complexity index is 491. The molecule has 1 aromatic rings. The van der Waals surface area contributed by atoms with Crippen LogP contribution in [0.15, 0.2) is 35.9 Å². The molecule has 0 amide bonds. The Hall–Kier alpha value is -1.29. The van der Waals surface area contributed by atoms with Crippen molar-refractivity contribution in [2.45, 2.75) is 50.7 Å². The van der Waals surface area contributed by atoms with E-state index in [9.17, 15) is 13.2 Å². The van der Waals surface area contributed by atoms with Crippen LogP contribution in [0.25, 0.3) is 0 Å². The van der Waals surface area contributed by atoms with Crippen LogP contribution in [0.2, 0.25) is 0 Å². The van der Waals surface area contributed by atoms with E-state index in [4.69, 9.17) is 0 Å². The maximum atomic E-state index is 12.7. The van der Waals surface area contributed by atoms with Gasteiger partial charge in [-0.1, -0.05) is 29.8 Å². The number of hydrogen-bond donors (Lipinski definition) is 1. The minimum Gasteiger partial charge on any atom is -0.316 e. The van der Waals surface area contributed by atoms with Crippen LogP contribution in [0, 0.1) is 0 Å². The molecule has 0 heterocycles. The Labute approximate surface area is 124 Å². The van der Waals surface area contributed by atoms with Crippen LogP contribution in [0.5, 0.6) is 0 Å². The molecule has 21 heavy (non-hydrogen) atoms. The molecule has 0 fully saturated rings. The summed E-state index contributed by atoms with van der Waals surface area (Å²) >= 11 is 0. The molecule has 1 aromatic carbocycles. The van der Waals surface area contributed by atoms with Crippen LogP contribution >= 0.6 is 0 Å². The van der Waals surface area contributed by atoms with E-state index < -0.39 is 11.7 Å². The first-order chi connectivity index (χ1) is 9.99. The quantitative estimate of drug-likeness (QED) is 0.775. The molecule has 1 aliphatic carbocycles. The van der Waals surface area contributed by atoms with Crippen molar-refractivity contribution in [2.75, 3.05) is 7.05 Å². The van der Waals surface area contributed by atoms with Gasteiger partial charge in [-0.3, -0.25) is 0 Å². The smallest absolute Gasteiger partial charge is 0.316 e. The van der Waals surface area contributed by atoms with Crippen LogP contribution in [0.4, 0.5) is 13.2 Å². The van der Waals surface area contributed by atoms with Gasteiger partial charge in [-0.25, -0.2) is 0 Å². The van der Waals surface area contributed by atoms with Crippen LogP contribution in [0.3, 0.4) is 0 Å². The summed E-state index contributed by atoms with van der Waals surface area (Å²) in [6.07, 6.45) is 4.31. The molecule has 2 rings (SSSR count). The fraction of sp³-hybridized carbons (Fsp3) is 0.529. The van der Waals surface area contributed by atoms with Gasteiger partial charge in [0.2, 0.25) is 0 Å². The highest BCUT2D eigenvalue weighted by Gasteiger charge is 2.30. The minimum absolute atomic E-state index is 0.192. The predicted molar refractivity (Wildman–Crippen MR) is 79.2 cm³/mol. The summed E-state index contributed by atoms with van der Waals surface area (Å²) in [6.45, 7) is 0. The summed E-state index contributed by atoms with van der Waals surface area (Å²) < 4.78 is 38.2. The average molecular weight is 297 g/mol. The molecule has 1 unspecified atom stereocenters. The number of alkyl halides is 3. The number of benzene rings is 1. The molecule has 0 saturated carbocycles. The number of likely N-dealkylation sites (N-methyl/N-ethyl adjacent to an activating group) is 1. The standard InChI is InChI=1S/C17H22F3N/c1-21-16(11-13-6-3-2-4-7-13)12-14-8-5-9-15(10-14)17(18,19)20/h5-6,8-10,16,21H,2-4,7,11-12H2,1H3. The lowest BCUT2D eigenvalue weighted by molar-refractivity contribution is -0.137. The van der Waals surface area contributed by atoms with Gasteiger partial charge in [-0.2, -0.15) is 13.2 Å². The normalized spacial score (nSPS) is 17.4. The Balaban J connectivity index is 2.02. The second kappa shape index (κ2) is 7.12. The number of halogens is 3. The number of allylic oxidation sites excluding steroid dienone is 1. The molecule has 4 heteroatoms. The molecular formula is C17H22F3N. The van der Waals surface area contributed by atoms with Crippen molar-refractivity contribution in [3.8, 4) is 0 Å². The van der Waals surface area contributed by atoms with E-state index in [2.05, 4.69) is 11.4 Å². The Morgan fingerprint density at radius 3 is 2.62 bits per heavy atom. The van der Waals surface area contributed by atoms with Crippen molar-refractivity contribution in [3.63, 3.8) is 0 Å². The highest BCUT2D eigenvalue weighted by Crippen LogP contribution is 2.30. The molecule has 1 atom stereocenters. The predicted octanol–water partition coefficient (Wildman–Crippen LogP) is 4.73. The van der Waals surface area contributed by atoms with Crippen molar-refractivity contribution in [1.29, 1.82) is 0 Å². The third-order valence-electron chi connectivity index (χ3n) is 4.04. The third kappa shape index (κ3) is 4.88. The largest absolute Gasteiger partial charge is 0.416 e. The molecule has 0 bridgehead atoms. The van der Waals surface area contributed by atoms with Gasteiger partial charge in [0.25, 0.3) is 0 Å². The van der Waals surface area contributed by atoms with Gasteiger partial charge in [0.15, 0.2) is 0 Å². The maximum absolute atomic E-state index is 12.7. The van der Waals surface area contributed by atoms with E-state index in [0.29, 0.717) is 6.42 Å². The lowest BCUT2D eigenvalue weighted by Crippen LogP contribution is -2.28. The fourth-order valence-electron chi connectivity index (χ4n) is 2.84. The Morgan fingerprint density at radius 2 is 2.00 bits per heavy atom. The second-order valence-electron chi connectivity index (χ2n) is 5.70. The van der Waals surface area contributed by atoms with E-state index in [0.717, 1.165) is 30.9 Å². The van der Waals surface area contributed by atoms with Gasteiger partial charge < -0.3 is 5.32 Å². The van der Waals surface area contributed by atoms with Gasteiger partial charge in [0.05, 0.1) is 5.56 Å². The SMILES string of the molecule is CNC(CC1=CCCCC1)Cc1cccc(C(F)(F)F)c1. The zero-order valence-corrected chi connectivity index (χ0v) is 12.3. The average Bonchev–Trinajstić information content (AvgIpc) is 2.47. The molecule has 0 radical (unpaired) electrons. The highest BCUT2D eigenvalue weighted by atomic mass is 19.4. The molecule has 1 aliphatic rings. The van der Waals surface area contributed by atoms with Crippen molar-refractivity contribution < 1.29 is 13.2 Å². The minimum atomic E-state index is -4.27. The van der Waals surface area contributed by atoms with Crippen LogP contribution in [-0.2, 0) is 12.6 Å². The molecule has 0 spiro atoms. The van der Waals surface area contributed by atoms with E-state index in [1.165, 1.54) is 30.5 Å². The van der Waals surface area contributed by atoms with Crippen molar-refractivity contribution >= 4 is 0 Å². The topological polar surface area (TPSA) is 12.0 Å². The Kier molecular flexibility index (Phi) is 5.45. The van der Waals surface area contributed by atoms with E-state index in [1.54, 1.807) is 6.07 Å². The summed E-state index contributed by atoms with van der Waals surface area (Å²) in [4.78, 5) is 0. The second-order valence-corrected chi connectivity index (χ2v) is 5.70. The lowest BCUT2D eigenvalue weighted by atomic mass is 9.91. The van der Waals surface area contributed by atoms with Crippen LogP contribution < -0.4 is 5.32 Å². The zero-order chi connectivity index (χ0) is 15.3. The van der Waals surface area contributed by atoms with Gasteiger partial charge in [0.1, 0.15) is 0 Å². The Morgan fingerprint density at radius 1 is 1.19 bits per heavy atom. The maximum Gasteiger partial charge on any atom is 0.416 e. The molecule has 0 aliphatic heterocycles. The monoisotopic (exact) mass is 297 g/mol. The number of rotatable bonds is 5. The van der Waals surface area contributed by atoms with Crippen LogP contribution in [0.1, 0.15) is 43.2 Å². The van der Waals surface area contributed by atoms with E-state index in [-0.39, 0.29) is 6.04 Å². The molecule has 1 nitrogen and oxygen atoms in total. The summed E-state index contributed by atoms with van der Waals surface area (Å²) in [5, 5.41) is 3.23. The summed E-state index contributed by atoms with van der Waals surface area (Å²) in [6, 6.07) is 5.85. The lowest BCUT2D eigenvalue weighted by Gasteiger charge is -2.21. The molecule has 0 saturated heterocycles. The van der Waals surface area contributed by atoms with E-state index in [1.807, 2.05) is 7.05 Å². The first kappa shape index (κ1) is 16.1. The third-order valence-corrected chi connectivity index (χ3v) is 4.04. The van der Waals surface area contributed by atoms with Crippen molar-refractivity contribution in [2.24, 2.45) is 0 Å². The van der Waals surface area contributed by atoms with Gasteiger partial charge in [-0.15, -0.1) is 0 Å².